The van der Waals surface area contributed by atoms with E-state index >= 15 is 0 Å². The Morgan fingerprint density at radius 1 is 1.40 bits per heavy atom. The second kappa shape index (κ2) is 8.92. The normalized spacial score (nSPS) is 11.1. The Balaban J connectivity index is 2.11. The van der Waals surface area contributed by atoms with Crippen molar-refractivity contribution in [2.75, 3.05) is 14.2 Å². The number of benzene rings is 1. The first kappa shape index (κ1) is 19.3. The molecule has 0 bridgehead atoms. The Morgan fingerprint density at radius 2 is 2.16 bits per heavy atom. The molecule has 0 unspecified atom stereocenters. The van der Waals surface area contributed by atoms with Crippen LogP contribution in [0.3, 0.4) is 0 Å². The fourth-order valence-electron chi connectivity index (χ4n) is 2.20. The number of amides is 1. The number of carbonyl (C=O) groups excluding carboxylic acids is 1. The van der Waals surface area contributed by atoms with Crippen molar-refractivity contribution in [1.82, 2.24) is 4.90 Å². The van der Waals surface area contributed by atoms with Gasteiger partial charge in [-0.15, -0.1) is 11.3 Å². The van der Waals surface area contributed by atoms with Crippen LogP contribution in [-0.2, 0) is 11.3 Å². The molecule has 0 radical (unpaired) electrons. The van der Waals surface area contributed by atoms with Crippen LogP contribution >= 0.6 is 22.9 Å². The van der Waals surface area contributed by atoms with Gasteiger partial charge in [-0.1, -0.05) is 17.7 Å². The lowest BCUT2D eigenvalue weighted by molar-refractivity contribution is -0.125. The molecule has 0 aliphatic heterocycles. The lowest BCUT2D eigenvalue weighted by Crippen LogP contribution is -2.23. The number of halogens is 1. The van der Waals surface area contributed by atoms with E-state index in [1.807, 2.05) is 31.4 Å². The Bertz CT molecular complexity index is 741. The van der Waals surface area contributed by atoms with E-state index in [0.717, 1.165) is 10.4 Å². The first-order chi connectivity index (χ1) is 11.9. The summed E-state index contributed by atoms with van der Waals surface area (Å²) in [6.07, 6.45) is 3.24. The predicted octanol–water partition coefficient (Wildman–Crippen LogP) is 4.87. The average Bonchev–Trinajstić information content (AvgIpc) is 3.07. The number of nitrogens with zero attached hydrogens (tertiary/aromatic N) is 1. The molecule has 1 heterocycles. The van der Waals surface area contributed by atoms with Gasteiger partial charge < -0.3 is 14.4 Å². The number of hydrogen-bond acceptors (Lipinski definition) is 4. The lowest BCUT2D eigenvalue weighted by Gasteiger charge is -2.16. The quantitative estimate of drug-likeness (QED) is 0.644. The summed E-state index contributed by atoms with van der Waals surface area (Å²) in [6, 6.07) is 7.54. The van der Waals surface area contributed by atoms with Gasteiger partial charge in [0.1, 0.15) is 0 Å². The van der Waals surface area contributed by atoms with Gasteiger partial charge >= 0.3 is 0 Å². The number of thiophene rings is 1. The molecule has 0 atom stereocenters. The van der Waals surface area contributed by atoms with Gasteiger partial charge in [0.15, 0.2) is 11.5 Å². The minimum absolute atomic E-state index is 0.0136. The third-order valence-corrected chi connectivity index (χ3v) is 4.51. The molecule has 0 N–H and O–H groups in total. The molecule has 134 valence electrons. The van der Waals surface area contributed by atoms with E-state index in [4.69, 9.17) is 21.1 Å². The van der Waals surface area contributed by atoms with E-state index in [1.165, 1.54) is 6.08 Å². The average molecular weight is 380 g/mol. The van der Waals surface area contributed by atoms with Crippen molar-refractivity contribution in [2.45, 2.75) is 26.5 Å². The van der Waals surface area contributed by atoms with Crippen LogP contribution in [0.5, 0.6) is 11.5 Å². The van der Waals surface area contributed by atoms with Gasteiger partial charge in [0.05, 0.1) is 24.8 Å². The van der Waals surface area contributed by atoms with Crippen molar-refractivity contribution < 1.29 is 14.3 Å². The van der Waals surface area contributed by atoms with Crippen molar-refractivity contribution in [3.8, 4) is 11.5 Å². The van der Waals surface area contributed by atoms with E-state index in [0.29, 0.717) is 23.1 Å². The summed E-state index contributed by atoms with van der Waals surface area (Å²) in [5.41, 5.74) is 0.774. The van der Waals surface area contributed by atoms with Gasteiger partial charge in [0.25, 0.3) is 0 Å². The van der Waals surface area contributed by atoms with Gasteiger partial charge in [0, 0.05) is 18.0 Å². The highest BCUT2D eigenvalue weighted by atomic mass is 35.5. The summed E-state index contributed by atoms with van der Waals surface area (Å²) in [5.74, 6) is 0.976. The van der Waals surface area contributed by atoms with Crippen LogP contribution in [0.2, 0.25) is 5.02 Å². The molecule has 0 fully saturated rings. The van der Waals surface area contributed by atoms with Crippen molar-refractivity contribution in [1.29, 1.82) is 0 Å². The van der Waals surface area contributed by atoms with Crippen LogP contribution < -0.4 is 9.47 Å². The third-order valence-electron chi connectivity index (χ3n) is 3.37. The maximum Gasteiger partial charge on any atom is 0.246 e. The molecule has 1 aromatic heterocycles. The molecule has 0 spiro atoms. The Morgan fingerprint density at radius 3 is 2.76 bits per heavy atom. The Labute approximate surface area is 157 Å². The first-order valence-electron chi connectivity index (χ1n) is 7.90. The number of ether oxygens (including phenoxy) is 2. The topological polar surface area (TPSA) is 38.8 Å². The molecule has 4 nitrogen and oxygen atoms in total. The van der Waals surface area contributed by atoms with Gasteiger partial charge in [-0.05, 0) is 49.1 Å². The maximum atomic E-state index is 12.2. The zero-order valence-electron chi connectivity index (χ0n) is 14.8. The predicted molar refractivity (Wildman–Crippen MR) is 104 cm³/mol. The minimum atomic E-state index is -0.0778. The highest BCUT2D eigenvalue weighted by Gasteiger charge is 2.13. The first-order valence-corrected chi connectivity index (χ1v) is 9.16. The van der Waals surface area contributed by atoms with E-state index in [1.54, 1.807) is 48.6 Å². The lowest BCUT2D eigenvalue weighted by atomic mass is 10.1. The number of likely N-dealkylation sites (N-methyl/N-ethyl adjacent to an activating group) is 1. The van der Waals surface area contributed by atoms with Crippen molar-refractivity contribution in [3.05, 3.63) is 51.2 Å². The smallest absolute Gasteiger partial charge is 0.246 e. The van der Waals surface area contributed by atoms with E-state index in [-0.39, 0.29) is 12.0 Å². The zero-order valence-corrected chi connectivity index (χ0v) is 16.4. The van der Waals surface area contributed by atoms with Crippen LogP contribution in [0, 0.1) is 0 Å². The molecular formula is C19H22ClNO3S. The number of rotatable bonds is 7. The van der Waals surface area contributed by atoms with Gasteiger partial charge in [-0.2, -0.15) is 0 Å². The molecule has 0 saturated carbocycles. The minimum Gasteiger partial charge on any atom is -0.493 e. The largest absolute Gasteiger partial charge is 0.493 e. The highest BCUT2D eigenvalue weighted by Crippen LogP contribution is 2.37. The highest BCUT2D eigenvalue weighted by molar-refractivity contribution is 7.09. The molecule has 0 saturated heterocycles. The second-order valence-electron chi connectivity index (χ2n) is 5.81. The Hall–Kier alpha value is -1.98. The molecule has 25 heavy (non-hydrogen) atoms. The summed E-state index contributed by atoms with van der Waals surface area (Å²) >= 11 is 7.93. The van der Waals surface area contributed by atoms with Gasteiger partial charge in [0.2, 0.25) is 5.91 Å². The second-order valence-corrected chi connectivity index (χ2v) is 7.25. The molecule has 6 heteroatoms. The maximum absolute atomic E-state index is 12.2. The Kier molecular flexibility index (Phi) is 6.91. The fourth-order valence-corrected chi connectivity index (χ4v) is 3.22. The van der Waals surface area contributed by atoms with E-state index < -0.39 is 0 Å². The SMILES string of the molecule is COc1cc(/C=C/C(=O)N(C)Cc2cccs2)cc(Cl)c1OC(C)C. The molecule has 2 rings (SSSR count). The molecule has 1 aromatic carbocycles. The van der Waals surface area contributed by atoms with Gasteiger partial charge in [-0.3, -0.25) is 4.79 Å². The molecular weight excluding hydrogens is 358 g/mol. The van der Waals surface area contributed by atoms with E-state index in [2.05, 4.69) is 0 Å². The van der Waals surface area contributed by atoms with Crippen LogP contribution in [0.25, 0.3) is 6.08 Å². The van der Waals surface area contributed by atoms with Crippen molar-refractivity contribution in [3.63, 3.8) is 0 Å². The van der Waals surface area contributed by atoms with Crippen molar-refractivity contribution in [2.24, 2.45) is 0 Å². The standard InChI is InChI=1S/C19H22ClNO3S/c1-13(2)24-19-16(20)10-14(11-17(19)23-4)7-8-18(22)21(3)12-15-6-5-9-25-15/h5-11,13H,12H2,1-4H3/b8-7+. The van der Waals surface area contributed by atoms with Crippen LogP contribution in [0.4, 0.5) is 0 Å². The number of hydrogen-bond donors (Lipinski definition) is 0. The number of methoxy groups -OCH3 is 1. The summed E-state index contributed by atoms with van der Waals surface area (Å²) in [4.78, 5) is 15.1. The fraction of sp³-hybridized carbons (Fsp3) is 0.316. The van der Waals surface area contributed by atoms with Crippen molar-refractivity contribution >= 4 is 34.9 Å². The molecule has 0 aliphatic rings. The summed E-state index contributed by atoms with van der Waals surface area (Å²) < 4.78 is 11.0. The zero-order chi connectivity index (χ0) is 18.4. The number of carbonyl (C=O) groups is 1. The van der Waals surface area contributed by atoms with Crippen LogP contribution in [0.15, 0.2) is 35.7 Å². The summed E-state index contributed by atoms with van der Waals surface area (Å²) in [6.45, 7) is 4.43. The van der Waals surface area contributed by atoms with Gasteiger partial charge in [-0.25, -0.2) is 0 Å². The molecule has 0 aliphatic carbocycles. The summed E-state index contributed by atoms with van der Waals surface area (Å²) in [7, 11) is 3.34. The monoisotopic (exact) mass is 379 g/mol. The third kappa shape index (κ3) is 5.51. The summed E-state index contributed by atoms with van der Waals surface area (Å²) in [5, 5.41) is 2.45. The van der Waals surface area contributed by atoms with E-state index in [9.17, 15) is 4.79 Å². The molecule has 2 aromatic rings. The molecule has 1 amide bonds. The van der Waals surface area contributed by atoms with Crippen LogP contribution in [-0.4, -0.2) is 31.1 Å². The van der Waals surface area contributed by atoms with Crippen LogP contribution in [0.1, 0.15) is 24.3 Å².